The molecule has 0 radical (unpaired) electrons. The average molecular weight is 411 g/mol. The average Bonchev–Trinajstić information content (AvgIpc) is 2.98. The van der Waals surface area contributed by atoms with E-state index in [-0.39, 0.29) is 28.3 Å². The summed E-state index contributed by atoms with van der Waals surface area (Å²) in [6.07, 6.45) is 5.03. The molecule has 3 fully saturated rings. The number of carbonyl (C=O) groups is 1. The molecule has 0 saturated heterocycles. The Kier molecular flexibility index (Phi) is 4.15. The van der Waals surface area contributed by atoms with Gasteiger partial charge in [0.1, 0.15) is 11.6 Å². The lowest BCUT2D eigenvalue weighted by atomic mass is 9.33. The van der Waals surface area contributed by atoms with Crippen LogP contribution in [0, 0.1) is 23.6 Å². The lowest BCUT2D eigenvalue weighted by Gasteiger charge is -2.70. The fourth-order valence-electron chi connectivity index (χ4n) is 5.69. The molecule has 3 aliphatic rings. The molecule has 0 spiro atoms. The summed E-state index contributed by atoms with van der Waals surface area (Å²) in [6, 6.07) is 11.1. The summed E-state index contributed by atoms with van der Waals surface area (Å²) in [5.41, 5.74) is 2.84. The number of carbonyl (C=O) groups excluding carboxylic acids is 1. The van der Waals surface area contributed by atoms with Gasteiger partial charge in [0.15, 0.2) is 0 Å². The molecule has 6 rings (SSSR count). The molecular formula is C24H24ClFN2O. The Morgan fingerprint density at radius 3 is 2.76 bits per heavy atom. The van der Waals surface area contributed by atoms with Crippen molar-refractivity contribution in [3.05, 3.63) is 64.6 Å². The summed E-state index contributed by atoms with van der Waals surface area (Å²) >= 11 is 6.18. The molecule has 0 unspecified atom stereocenters. The van der Waals surface area contributed by atoms with Crippen LogP contribution in [0.2, 0.25) is 5.02 Å². The molecule has 3 aromatic rings. The van der Waals surface area contributed by atoms with E-state index in [0.29, 0.717) is 17.0 Å². The number of ketones is 1. The minimum absolute atomic E-state index is 0.193. The highest BCUT2D eigenvalue weighted by molar-refractivity contribution is 6.31. The molecule has 0 aliphatic heterocycles. The highest BCUT2D eigenvalue weighted by Gasteiger charge is 2.70. The fourth-order valence-corrected chi connectivity index (χ4v) is 6.04. The summed E-state index contributed by atoms with van der Waals surface area (Å²) < 4.78 is 16.3. The second kappa shape index (κ2) is 6.40. The van der Waals surface area contributed by atoms with Crippen LogP contribution in [-0.4, -0.2) is 15.6 Å². The topological polar surface area (TPSA) is 34.9 Å². The largest absolute Gasteiger partial charge is 0.299 e. The molecule has 150 valence electrons. The zero-order valence-corrected chi connectivity index (χ0v) is 17.5. The number of halogens is 2. The normalized spacial score (nSPS) is 26.1. The van der Waals surface area contributed by atoms with E-state index < -0.39 is 0 Å². The van der Waals surface area contributed by atoms with Gasteiger partial charge in [0.25, 0.3) is 0 Å². The Labute approximate surface area is 174 Å². The molecule has 5 heteroatoms. The Bertz CT molecular complexity index is 1100. The van der Waals surface area contributed by atoms with E-state index in [9.17, 15) is 9.18 Å². The van der Waals surface area contributed by atoms with Gasteiger partial charge in [-0.05, 0) is 61.8 Å². The Balaban J connectivity index is 1.25. The summed E-state index contributed by atoms with van der Waals surface area (Å²) in [5, 5.41) is 6.15. The lowest BCUT2D eigenvalue weighted by Crippen LogP contribution is -2.66. The van der Waals surface area contributed by atoms with Gasteiger partial charge in [-0.15, -0.1) is 0 Å². The van der Waals surface area contributed by atoms with Crippen LogP contribution in [-0.2, 0) is 11.3 Å². The number of fused-ring (bicyclic) bond motifs is 1. The van der Waals surface area contributed by atoms with E-state index in [1.165, 1.54) is 11.6 Å². The SMILES string of the molecule is Cc1ccc2c(cnn2CC23CC(C(=O)C[C@@H](C)c4c(F)cccc4Cl)(C2)C3)c1. The van der Waals surface area contributed by atoms with Crippen LogP contribution in [0.15, 0.2) is 42.6 Å². The number of aromatic nitrogens is 2. The number of hydrogen-bond acceptors (Lipinski definition) is 2. The quantitative estimate of drug-likeness (QED) is 0.494. The molecule has 1 atom stereocenters. The first kappa shape index (κ1) is 18.8. The van der Waals surface area contributed by atoms with Gasteiger partial charge >= 0.3 is 0 Å². The van der Waals surface area contributed by atoms with Gasteiger partial charge in [-0.1, -0.05) is 36.2 Å². The molecule has 0 amide bonds. The van der Waals surface area contributed by atoms with Gasteiger partial charge in [0, 0.05) is 34.4 Å². The summed E-state index contributed by atoms with van der Waals surface area (Å²) in [5.74, 6) is -0.278. The summed E-state index contributed by atoms with van der Waals surface area (Å²) in [7, 11) is 0. The maximum atomic E-state index is 14.2. The predicted octanol–water partition coefficient (Wildman–Crippen LogP) is 6.07. The third-order valence-electron chi connectivity index (χ3n) is 7.00. The molecule has 3 aliphatic carbocycles. The third-order valence-corrected chi connectivity index (χ3v) is 7.33. The summed E-state index contributed by atoms with van der Waals surface area (Å²) in [6.45, 7) is 4.84. The first-order valence-electron chi connectivity index (χ1n) is 10.2. The van der Waals surface area contributed by atoms with Crippen molar-refractivity contribution < 1.29 is 9.18 Å². The van der Waals surface area contributed by atoms with Gasteiger partial charge in [0.05, 0.1) is 11.7 Å². The van der Waals surface area contributed by atoms with E-state index in [1.54, 1.807) is 12.1 Å². The van der Waals surface area contributed by atoms with Crippen molar-refractivity contribution in [2.75, 3.05) is 0 Å². The number of nitrogens with zero attached hydrogens (tertiary/aromatic N) is 2. The minimum atomic E-state index is -0.326. The number of rotatable bonds is 6. The van der Waals surface area contributed by atoms with E-state index in [4.69, 9.17) is 11.6 Å². The monoisotopic (exact) mass is 410 g/mol. The number of benzene rings is 2. The Morgan fingerprint density at radius 1 is 1.28 bits per heavy atom. The Hall–Kier alpha value is -2.20. The first-order chi connectivity index (χ1) is 13.8. The van der Waals surface area contributed by atoms with Crippen molar-refractivity contribution in [3.63, 3.8) is 0 Å². The van der Waals surface area contributed by atoms with Crippen LogP contribution in [0.25, 0.3) is 10.9 Å². The van der Waals surface area contributed by atoms with Gasteiger partial charge in [0.2, 0.25) is 0 Å². The van der Waals surface area contributed by atoms with E-state index in [0.717, 1.165) is 36.7 Å². The first-order valence-corrected chi connectivity index (χ1v) is 10.6. The highest BCUT2D eigenvalue weighted by atomic mass is 35.5. The second-order valence-corrected chi connectivity index (χ2v) is 9.75. The molecule has 29 heavy (non-hydrogen) atoms. The zero-order chi connectivity index (χ0) is 20.4. The lowest BCUT2D eigenvalue weighted by molar-refractivity contribution is -0.211. The van der Waals surface area contributed by atoms with Gasteiger partial charge in [-0.2, -0.15) is 5.10 Å². The maximum absolute atomic E-state index is 14.2. The fraction of sp³-hybridized carbons (Fsp3) is 0.417. The zero-order valence-electron chi connectivity index (χ0n) is 16.7. The Morgan fingerprint density at radius 2 is 2.03 bits per heavy atom. The molecule has 2 aromatic carbocycles. The van der Waals surface area contributed by atoms with Crippen molar-refractivity contribution in [2.24, 2.45) is 10.8 Å². The van der Waals surface area contributed by atoms with Gasteiger partial charge in [-0.25, -0.2) is 4.39 Å². The molecule has 1 heterocycles. The van der Waals surface area contributed by atoms with Crippen molar-refractivity contribution in [3.8, 4) is 0 Å². The van der Waals surface area contributed by atoms with E-state index in [2.05, 4.69) is 34.9 Å². The molecule has 1 aromatic heterocycles. The number of hydrogen-bond donors (Lipinski definition) is 0. The van der Waals surface area contributed by atoms with Crippen LogP contribution in [0.4, 0.5) is 4.39 Å². The molecule has 2 bridgehead atoms. The minimum Gasteiger partial charge on any atom is -0.299 e. The highest BCUT2D eigenvalue weighted by Crippen LogP contribution is 2.74. The van der Waals surface area contributed by atoms with Gasteiger partial charge in [-0.3, -0.25) is 9.48 Å². The van der Waals surface area contributed by atoms with Crippen LogP contribution in [0.5, 0.6) is 0 Å². The van der Waals surface area contributed by atoms with Crippen molar-refractivity contribution in [2.45, 2.75) is 52.0 Å². The molecular weight excluding hydrogens is 387 g/mol. The second-order valence-electron chi connectivity index (χ2n) is 9.34. The van der Waals surface area contributed by atoms with Crippen molar-refractivity contribution >= 4 is 28.3 Å². The number of Topliss-reactive ketones (excluding diaryl/α,β-unsaturated/α-hetero) is 1. The van der Waals surface area contributed by atoms with Crippen LogP contribution >= 0.6 is 11.6 Å². The van der Waals surface area contributed by atoms with Crippen LogP contribution < -0.4 is 0 Å². The number of aryl methyl sites for hydroxylation is 1. The molecule has 3 saturated carbocycles. The summed E-state index contributed by atoms with van der Waals surface area (Å²) in [4.78, 5) is 13.0. The predicted molar refractivity (Wildman–Crippen MR) is 113 cm³/mol. The van der Waals surface area contributed by atoms with Crippen LogP contribution in [0.3, 0.4) is 0 Å². The molecule has 3 nitrogen and oxygen atoms in total. The maximum Gasteiger partial charge on any atom is 0.139 e. The standard InChI is InChI=1S/C24H24ClFN2O/c1-15-6-7-20-17(8-15)10-27-28(20)14-23-11-24(12-23,13-23)21(29)9-16(2)22-18(25)4-3-5-19(22)26/h3-8,10,16H,9,11-14H2,1-2H3/t16-,23?,24?/m1/s1. The third kappa shape index (κ3) is 2.92. The van der Waals surface area contributed by atoms with E-state index in [1.807, 2.05) is 13.1 Å². The smallest absolute Gasteiger partial charge is 0.139 e. The van der Waals surface area contributed by atoms with Gasteiger partial charge < -0.3 is 0 Å². The van der Waals surface area contributed by atoms with Crippen molar-refractivity contribution in [1.82, 2.24) is 9.78 Å². The van der Waals surface area contributed by atoms with Crippen molar-refractivity contribution in [1.29, 1.82) is 0 Å². The van der Waals surface area contributed by atoms with Crippen LogP contribution in [0.1, 0.15) is 49.7 Å². The molecule has 0 N–H and O–H groups in total. The van der Waals surface area contributed by atoms with E-state index >= 15 is 0 Å².